The summed E-state index contributed by atoms with van der Waals surface area (Å²) in [6, 6.07) is 15.1. The number of hydrogen-bond acceptors (Lipinski definition) is 2. The molecule has 2 aromatic rings. The third-order valence-electron chi connectivity index (χ3n) is 2.86. The van der Waals surface area contributed by atoms with Crippen LogP contribution >= 0.6 is 27.5 Å². The summed E-state index contributed by atoms with van der Waals surface area (Å²) in [4.78, 5) is 11.6. The molecule has 0 saturated carbocycles. The second kappa shape index (κ2) is 8.61. The van der Waals surface area contributed by atoms with Crippen molar-refractivity contribution in [3.63, 3.8) is 0 Å². The molecule has 0 atom stereocenters. The molecule has 5 heteroatoms. The van der Waals surface area contributed by atoms with Gasteiger partial charge in [-0.1, -0.05) is 66.2 Å². The van der Waals surface area contributed by atoms with E-state index in [2.05, 4.69) is 21.2 Å². The summed E-state index contributed by atoms with van der Waals surface area (Å²) in [5.74, 6) is 0. The molecule has 22 heavy (non-hydrogen) atoms. The summed E-state index contributed by atoms with van der Waals surface area (Å²) in [5, 5.41) is 3.31. The van der Waals surface area contributed by atoms with Gasteiger partial charge in [-0.25, -0.2) is 4.79 Å². The lowest BCUT2D eigenvalue weighted by Crippen LogP contribution is -2.24. The predicted molar refractivity (Wildman–Crippen MR) is 92.8 cm³/mol. The molecule has 1 amide bonds. The van der Waals surface area contributed by atoms with Crippen LogP contribution in [0.15, 0.2) is 59.1 Å². The Balaban J connectivity index is 1.75. The summed E-state index contributed by atoms with van der Waals surface area (Å²) >= 11 is 9.42. The van der Waals surface area contributed by atoms with Crippen LogP contribution in [0.25, 0.3) is 6.08 Å². The topological polar surface area (TPSA) is 38.3 Å². The van der Waals surface area contributed by atoms with Gasteiger partial charge in [0.1, 0.15) is 6.61 Å². The first-order valence-electron chi connectivity index (χ1n) is 6.72. The number of benzene rings is 2. The Morgan fingerprint density at radius 3 is 2.73 bits per heavy atom. The SMILES string of the molecule is O=C(NCC=Cc1cccc(Cl)c1Br)OCc1ccccc1. The number of amides is 1. The van der Waals surface area contributed by atoms with Crippen LogP contribution in [0.3, 0.4) is 0 Å². The van der Waals surface area contributed by atoms with E-state index in [9.17, 15) is 4.79 Å². The summed E-state index contributed by atoms with van der Waals surface area (Å²) in [6.45, 7) is 0.642. The quantitative estimate of drug-likeness (QED) is 0.789. The van der Waals surface area contributed by atoms with E-state index < -0.39 is 6.09 Å². The zero-order valence-electron chi connectivity index (χ0n) is 11.8. The lowest BCUT2D eigenvalue weighted by molar-refractivity contribution is 0.141. The zero-order chi connectivity index (χ0) is 15.8. The number of carbonyl (C=O) groups is 1. The second-order valence-electron chi connectivity index (χ2n) is 4.49. The maximum absolute atomic E-state index is 11.6. The van der Waals surface area contributed by atoms with E-state index in [1.807, 2.05) is 60.7 Å². The zero-order valence-corrected chi connectivity index (χ0v) is 14.1. The van der Waals surface area contributed by atoms with E-state index in [0.29, 0.717) is 11.6 Å². The molecule has 0 aliphatic heterocycles. The van der Waals surface area contributed by atoms with Crippen LogP contribution in [-0.2, 0) is 11.3 Å². The molecule has 2 rings (SSSR count). The highest BCUT2D eigenvalue weighted by Crippen LogP contribution is 2.26. The predicted octanol–water partition coefficient (Wildman–Crippen LogP) is 5.04. The smallest absolute Gasteiger partial charge is 0.407 e. The fourth-order valence-electron chi connectivity index (χ4n) is 1.75. The molecule has 0 radical (unpaired) electrons. The van der Waals surface area contributed by atoms with Crippen LogP contribution in [0.1, 0.15) is 11.1 Å². The Morgan fingerprint density at radius 1 is 1.18 bits per heavy atom. The van der Waals surface area contributed by atoms with Gasteiger partial charge in [0.25, 0.3) is 0 Å². The molecule has 0 saturated heterocycles. The molecule has 0 spiro atoms. The number of halogens is 2. The van der Waals surface area contributed by atoms with Crippen molar-refractivity contribution in [3.8, 4) is 0 Å². The van der Waals surface area contributed by atoms with Crippen molar-refractivity contribution in [2.45, 2.75) is 6.61 Å². The third-order valence-corrected chi connectivity index (χ3v) is 4.28. The molecular formula is C17H15BrClNO2. The number of ether oxygens (including phenoxy) is 1. The molecule has 0 bridgehead atoms. The van der Waals surface area contributed by atoms with Gasteiger partial charge in [0, 0.05) is 11.0 Å². The van der Waals surface area contributed by atoms with Crippen molar-refractivity contribution < 1.29 is 9.53 Å². The standard InChI is InChI=1S/C17H15BrClNO2/c18-16-14(8-4-10-15(16)19)9-5-11-20-17(21)22-12-13-6-2-1-3-7-13/h1-10H,11-12H2,(H,20,21). The summed E-state index contributed by atoms with van der Waals surface area (Å²) in [5.41, 5.74) is 1.91. The van der Waals surface area contributed by atoms with E-state index in [-0.39, 0.29) is 6.61 Å². The average Bonchev–Trinajstić information content (AvgIpc) is 2.54. The highest BCUT2D eigenvalue weighted by molar-refractivity contribution is 9.10. The first kappa shape index (κ1) is 16.6. The highest BCUT2D eigenvalue weighted by Gasteiger charge is 2.01. The Morgan fingerprint density at radius 2 is 1.95 bits per heavy atom. The van der Waals surface area contributed by atoms with Gasteiger partial charge in [0.2, 0.25) is 0 Å². The van der Waals surface area contributed by atoms with Crippen LogP contribution in [0.2, 0.25) is 5.02 Å². The first-order chi connectivity index (χ1) is 10.7. The largest absolute Gasteiger partial charge is 0.445 e. The fraction of sp³-hybridized carbons (Fsp3) is 0.118. The molecular weight excluding hydrogens is 366 g/mol. The van der Waals surface area contributed by atoms with E-state index in [0.717, 1.165) is 15.6 Å². The normalized spacial score (nSPS) is 10.6. The van der Waals surface area contributed by atoms with Crippen molar-refractivity contribution in [2.75, 3.05) is 6.54 Å². The van der Waals surface area contributed by atoms with E-state index in [4.69, 9.17) is 16.3 Å². The van der Waals surface area contributed by atoms with Crippen molar-refractivity contribution in [1.82, 2.24) is 5.32 Å². The number of rotatable bonds is 5. The minimum absolute atomic E-state index is 0.260. The molecule has 0 unspecified atom stereocenters. The Kier molecular flexibility index (Phi) is 6.49. The minimum atomic E-state index is -0.446. The van der Waals surface area contributed by atoms with Crippen molar-refractivity contribution in [1.29, 1.82) is 0 Å². The van der Waals surface area contributed by atoms with Gasteiger partial charge in [0.05, 0.1) is 5.02 Å². The van der Waals surface area contributed by atoms with Gasteiger partial charge in [-0.15, -0.1) is 0 Å². The Hall–Kier alpha value is -1.78. The number of carbonyl (C=O) groups excluding carboxylic acids is 1. The maximum Gasteiger partial charge on any atom is 0.407 e. The van der Waals surface area contributed by atoms with E-state index in [1.54, 1.807) is 0 Å². The van der Waals surface area contributed by atoms with Gasteiger partial charge < -0.3 is 10.1 Å². The lowest BCUT2D eigenvalue weighted by atomic mass is 10.2. The van der Waals surface area contributed by atoms with Crippen LogP contribution in [0.4, 0.5) is 4.79 Å². The minimum Gasteiger partial charge on any atom is -0.445 e. The van der Waals surface area contributed by atoms with Gasteiger partial charge in [-0.3, -0.25) is 0 Å². The second-order valence-corrected chi connectivity index (χ2v) is 5.69. The van der Waals surface area contributed by atoms with E-state index >= 15 is 0 Å². The first-order valence-corrected chi connectivity index (χ1v) is 7.89. The van der Waals surface area contributed by atoms with Crippen molar-refractivity contribution >= 4 is 39.7 Å². The van der Waals surface area contributed by atoms with Crippen LogP contribution < -0.4 is 5.32 Å². The van der Waals surface area contributed by atoms with Crippen LogP contribution in [0, 0.1) is 0 Å². The summed E-state index contributed by atoms with van der Waals surface area (Å²) < 4.78 is 5.94. The highest BCUT2D eigenvalue weighted by atomic mass is 79.9. The fourth-order valence-corrected chi connectivity index (χ4v) is 2.33. The monoisotopic (exact) mass is 379 g/mol. The average molecular weight is 381 g/mol. The maximum atomic E-state index is 11.6. The van der Waals surface area contributed by atoms with Gasteiger partial charge in [-0.2, -0.15) is 0 Å². The molecule has 0 heterocycles. The summed E-state index contributed by atoms with van der Waals surface area (Å²) in [7, 11) is 0. The molecule has 0 aliphatic carbocycles. The molecule has 0 fully saturated rings. The number of hydrogen-bond donors (Lipinski definition) is 1. The molecule has 114 valence electrons. The van der Waals surface area contributed by atoms with Crippen molar-refractivity contribution in [2.24, 2.45) is 0 Å². The van der Waals surface area contributed by atoms with Crippen molar-refractivity contribution in [3.05, 3.63) is 75.2 Å². The molecule has 2 aromatic carbocycles. The van der Waals surface area contributed by atoms with Gasteiger partial charge in [-0.05, 0) is 33.1 Å². The summed E-state index contributed by atoms with van der Waals surface area (Å²) in [6.07, 6.45) is 3.27. The van der Waals surface area contributed by atoms with E-state index in [1.165, 1.54) is 0 Å². The van der Waals surface area contributed by atoms with Gasteiger partial charge >= 0.3 is 6.09 Å². The molecule has 0 aliphatic rings. The molecule has 1 N–H and O–H groups in total. The van der Waals surface area contributed by atoms with Crippen LogP contribution in [-0.4, -0.2) is 12.6 Å². The van der Waals surface area contributed by atoms with Crippen LogP contribution in [0.5, 0.6) is 0 Å². The Bertz CT molecular complexity index is 659. The Labute approximate surface area is 143 Å². The lowest BCUT2D eigenvalue weighted by Gasteiger charge is -2.05. The number of alkyl carbamates (subject to hydrolysis) is 1. The third kappa shape index (κ3) is 5.20. The number of nitrogens with one attached hydrogen (secondary N) is 1. The molecule has 0 aromatic heterocycles. The molecule has 3 nitrogen and oxygen atoms in total. The van der Waals surface area contributed by atoms with Gasteiger partial charge in [0.15, 0.2) is 0 Å².